The van der Waals surface area contributed by atoms with Gasteiger partial charge in [0, 0.05) is 41.5 Å². The van der Waals surface area contributed by atoms with Crippen LogP contribution in [0.1, 0.15) is 48.9 Å². The van der Waals surface area contributed by atoms with Crippen molar-refractivity contribution in [3.05, 3.63) is 21.4 Å². The summed E-state index contributed by atoms with van der Waals surface area (Å²) in [6.45, 7) is 13.2. The highest BCUT2D eigenvalue weighted by molar-refractivity contribution is 7.12. The first kappa shape index (κ1) is 15.5. The molecule has 0 amide bonds. The topological polar surface area (TPSA) is 24.5 Å². The monoisotopic (exact) mass is 308 g/mol. The Balaban J connectivity index is 1.59. The van der Waals surface area contributed by atoms with Gasteiger partial charge in [-0.05, 0) is 52.2 Å². The standard InChI is InChI=1S/C17H28N2OS/c1-12-13(7-16(21-12)8-18-17(2,3)4)9-19-10-14-5-6-15(11-19)20-14/h7,14-15,18H,5-6,8-11H2,1-4H3. The summed E-state index contributed by atoms with van der Waals surface area (Å²) >= 11 is 1.94. The molecule has 4 heteroatoms. The molecule has 2 unspecified atom stereocenters. The third-order valence-electron chi connectivity index (χ3n) is 4.38. The Morgan fingerprint density at radius 1 is 1.29 bits per heavy atom. The number of hydrogen-bond acceptors (Lipinski definition) is 4. The maximum Gasteiger partial charge on any atom is 0.0707 e. The molecule has 1 N–H and O–H groups in total. The van der Waals surface area contributed by atoms with E-state index >= 15 is 0 Å². The summed E-state index contributed by atoms with van der Waals surface area (Å²) in [5, 5.41) is 3.58. The first-order valence-electron chi connectivity index (χ1n) is 8.10. The lowest BCUT2D eigenvalue weighted by atomic mass is 10.1. The molecule has 0 aliphatic carbocycles. The van der Waals surface area contributed by atoms with E-state index in [2.05, 4.69) is 44.0 Å². The zero-order chi connectivity index (χ0) is 15.0. The number of rotatable bonds is 4. The van der Waals surface area contributed by atoms with Crippen molar-refractivity contribution in [3.8, 4) is 0 Å². The SMILES string of the molecule is Cc1sc(CNC(C)(C)C)cc1CN1CC2CCC(C1)O2. The van der Waals surface area contributed by atoms with Gasteiger partial charge < -0.3 is 10.1 Å². The average molecular weight is 308 g/mol. The third-order valence-corrected chi connectivity index (χ3v) is 5.47. The molecule has 2 aliphatic heterocycles. The van der Waals surface area contributed by atoms with Crippen LogP contribution in [0.3, 0.4) is 0 Å². The number of thiophene rings is 1. The molecule has 3 nitrogen and oxygen atoms in total. The summed E-state index contributed by atoms with van der Waals surface area (Å²) in [6.07, 6.45) is 3.49. The Labute approximate surface area is 132 Å². The van der Waals surface area contributed by atoms with E-state index in [-0.39, 0.29) is 5.54 Å². The largest absolute Gasteiger partial charge is 0.372 e. The summed E-state index contributed by atoms with van der Waals surface area (Å²) in [4.78, 5) is 5.51. The Morgan fingerprint density at radius 3 is 2.57 bits per heavy atom. The number of nitrogens with one attached hydrogen (secondary N) is 1. The van der Waals surface area contributed by atoms with Crippen LogP contribution in [0, 0.1) is 6.92 Å². The van der Waals surface area contributed by atoms with Crippen molar-refractivity contribution >= 4 is 11.3 Å². The number of ether oxygens (including phenoxy) is 1. The van der Waals surface area contributed by atoms with Crippen LogP contribution in [0.2, 0.25) is 0 Å². The zero-order valence-electron chi connectivity index (χ0n) is 13.7. The van der Waals surface area contributed by atoms with E-state index in [1.54, 1.807) is 0 Å². The van der Waals surface area contributed by atoms with Crippen molar-refractivity contribution in [2.24, 2.45) is 0 Å². The molecule has 2 aliphatic rings. The van der Waals surface area contributed by atoms with Gasteiger partial charge in [0.05, 0.1) is 12.2 Å². The first-order valence-corrected chi connectivity index (χ1v) is 8.92. The van der Waals surface area contributed by atoms with Crippen LogP contribution in [0.25, 0.3) is 0 Å². The lowest BCUT2D eigenvalue weighted by Gasteiger charge is -2.32. The van der Waals surface area contributed by atoms with Gasteiger partial charge in [0.15, 0.2) is 0 Å². The normalized spacial score (nSPS) is 26.5. The van der Waals surface area contributed by atoms with Crippen LogP contribution in [0.5, 0.6) is 0 Å². The predicted molar refractivity (Wildman–Crippen MR) is 88.8 cm³/mol. The maximum atomic E-state index is 5.93. The summed E-state index contributed by atoms with van der Waals surface area (Å²) in [5.41, 5.74) is 1.69. The second kappa shape index (κ2) is 5.99. The minimum atomic E-state index is 0.182. The van der Waals surface area contributed by atoms with Gasteiger partial charge in [0.1, 0.15) is 0 Å². The van der Waals surface area contributed by atoms with Gasteiger partial charge in [0.2, 0.25) is 0 Å². The Morgan fingerprint density at radius 2 is 1.95 bits per heavy atom. The quantitative estimate of drug-likeness (QED) is 0.923. The second-order valence-corrected chi connectivity index (χ2v) is 8.89. The van der Waals surface area contributed by atoms with E-state index in [1.165, 1.54) is 28.2 Å². The van der Waals surface area contributed by atoms with Crippen molar-refractivity contribution < 1.29 is 4.74 Å². The van der Waals surface area contributed by atoms with Gasteiger partial charge in [-0.25, -0.2) is 0 Å². The molecule has 1 aromatic rings. The van der Waals surface area contributed by atoms with Crippen molar-refractivity contribution in [3.63, 3.8) is 0 Å². The lowest BCUT2D eigenvalue weighted by Crippen LogP contribution is -2.42. The third kappa shape index (κ3) is 4.07. The summed E-state index contributed by atoms with van der Waals surface area (Å²) < 4.78 is 5.93. The minimum absolute atomic E-state index is 0.182. The highest BCUT2D eigenvalue weighted by atomic mass is 32.1. The van der Waals surface area contributed by atoms with E-state index < -0.39 is 0 Å². The molecule has 2 atom stereocenters. The van der Waals surface area contributed by atoms with Gasteiger partial charge in [-0.1, -0.05) is 0 Å². The maximum absolute atomic E-state index is 5.93. The molecule has 3 rings (SSSR count). The molecule has 21 heavy (non-hydrogen) atoms. The predicted octanol–water partition coefficient (Wildman–Crippen LogP) is 3.31. The van der Waals surface area contributed by atoms with E-state index in [0.29, 0.717) is 12.2 Å². The summed E-state index contributed by atoms with van der Waals surface area (Å²) in [5.74, 6) is 0. The molecule has 0 spiro atoms. The van der Waals surface area contributed by atoms with Crippen LogP contribution in [-0.2, 0) is 17.8 Å². The molecule has 0 aromatic carbocycles. The number of nitrogens with zero attached hydrogens (tertiary/aromatic N) is 1. The zero-order valence-corrected chi connectivity index (χ0v) is 14.6. The molecule has 1 aromatic heterocycles. The fourth-order valence-corrected chi connectivity index (χ4v) is 4.25. The van der Waals surface area contributed by atoms with Crippen molar-refractivity contribution in [1.82, 2.24) is 10.2 Å². The van der Waals surface area contributed by atoms with Crippen molar-refractivity contribution in [2.45, 2.75) is 71.4 Å². The van der Waals surface area contributed by atoms with Crippen LogP contribution in [-0.4, -0.2) is 35.7 Å². The Kier molecular flexibility index (Phi) is 4.42. The average Bonchev–Trinajstić information content (AvgIpc) is 2.90. The van der Waals surface area contributed by atoms with Gasteiger partial charge in [0.25, 0.3) is 0 Å². The number of aryl methyl sites for hydroxylation is 1. The van der Waals surface area contributed by atoms with Crippen LogP contribution < -0.4 is 5.32 Å². The van der Waals surface area contributed by atoms with Crippen molar-refractivity contribution in [2.75, 3.05) is 13.1 Å². The van der Waals surface area contributed by atoms with Crippen LogP contribution >= 0.6 is 11.3 Å². The second-order valence-electron chi connectivity index (χ2n) is 7.55. The van der Waals surface area contributed by atoms with E-state index in [0.717, 1.165) is 26.2 Å². The minimum Gasteiger partial charge on any atom is -0.372 e. The van der Waals surface area contributed by atoms with Crippen LogP contribution in [0.15, 0.2) is 6.07 Å². The molecule has 0 radical (unpaired) electrons. The first-order chi connectivity index (χ1) is 9.89. The fraction of sp³-hybridized carbons (Fsp3) is 0.765. The van der Waals surface area contributed by atoms with Gasteiger partial charge >= 0.3 is 0 Å². The number of likely N-dealkylation sites (tertiary alicyclic amines) is 1. The summed E-state index contributed by atoms with van der Waals surface area (Å²) in [6, 6.07) is 2.40. The molecule has 2 fully saturated rings. The molecule has 2 bridgehead atoms. The molecule has 2 saturated heterocycles. The van der Waals surface area contributed by atoms with E-state index in [1.807, 2.05) is 11.3 Å². The Bertz CT molecular complexity index is 479. The van der Waals surface area contributed by atoms with Crippen LogP contribution in [0.4, 0.5) is 0 Å². The van der Waals surface area contributed by atoms with Crippen molar-refractivity contribution in [1.29, 1.82) is 0 Å². The number of hydrogen-bond donors (Lipinski definition) is 1. The molecule has 3 heterocycles. The highest BCUT2D eigenvalue weighted by Crippen LogP contribution is 2.29. The smallest absolute Gasteiger partial charge is 0.0707 e. The molecular formula is C17H28N2OS. The van der Waals surface area contributed by atoms with Gasteiger partial charge in [-0.15, -0.1) is 11.3 Å². The van der Waals surface area contributed by atoms with Gasteiger partial charge in [-0.2, -0.15) is 0 Å². The van der Waals surface area contributed by atoms with E-state index in [4.69, 9.17) is 4.74 Å². The molecular weight excluding hydrogens is 280 g/mol. The van der Waals surface area contributed by atoms with Gasteiger partial charge in [-0.3, -0.25) is 4.90 Å². The fourth-order valence-electron chi connectivity index (χ4n) is 3.25. The number of fused-ring (bicyclic) bond motifs is 2. The molecule has 118 valence electrons. The molecule has 0 saturated carbocycles. The highest BCUT2D eigenvalue weighted by Gasteiger charge is 2.33. The lowest BCUT2D eigenvalue weighted by molar-refractivity contribution is -0.0410. The van der Waals surface area contributed by atoms with E-state index in [9.17, 15) is 0 Å². The Hall–Kier alpha value is -0.420. The summed E-state index contributed by atoms with van der Waals surface area (Å²) in [7, 11) is 0. The number of morpholine rings is 1.